The van der Waals surface area contributed by atoms with Crippen LogP contribution in [0.25, 0.3) is 0 Å². The summed E-state index contributed by atoms with van der Waals surface area (Å²) in [5, 5.41) is 5.16. The van der Waals surface area contributed by atoms with Crippen molar-refractivity contribution in [1.82, 2.24) is 5.32 Å². The third kappa shape index (κ3) is 4.22. The summed E-state index contributed by atoms with van der Waals surface area (Å²) in [7, 11) is 0. The third-order valence-corrected chi connectivity index (χ3v) is 4.00. The Kier molecular flexibility index (Phi) is 5.11. The van der Waals surface area contributed by atoms with Crippen LogP contribution < -0.4 is 11.1 Å². The summed E-state index contributed by atoms with van der Waals surface area (Å²) in [4.78, 5) is 5.48. The molecule has 0 spiro atoms. The summed E-state index contributed by atoms with van der Waals surface area (Å²) in [5.41, 5.74) is 5.75. The van der Waals surface area contributed by atoms with Gasteiger partial charge < -0.3 is 11.1 Å². The molecule has 0 aliphatic heterocycles. The molecule has 0 aromatic carbocycles. The molecule has 0 fully saturated rings. The van der Waals surface area contributed by atoms with Crippen LogP contribution >= 0.6 is 27.3 Å². The van der Waals surface area contributed by atoms with Gasteiger partial charge in [-0.15, -0.1) is 11.3 Å². The molecule has 0 bridgehead atoms. The maximum absolute atomic E-state index is 5.75. The first kappa shape index (κ1) is 12.5. The molecule has 0 aliphatic carbocycles. The van der Waals surface area contributed by atoms with Crippen LogP contribution in [-0.4, -0.2) is 12.0 Å². The summed E-state index contributed by atoms with van der Waals surface area (Å²) >= 11 is 5.14. The van der Waals surface area contributed by atoms with E-state index < -0.39 is 0 Å². The number of nitrogens with one attached hydrogen (secondary N) is 1. The standard InChI is InChI=1S/C10H16BrN3S/c1-3-7(2)14-10(12)13-6-9-8(11)4-5-15-9/h4-5,7H,3,6H2,1-2H3,(H3,12,13,14). The molecule has 0 saturated carbocycles. The van der Waals surface area contributed by atoms with Gasteiger partial charge in [-0.1, -0.05) is 6.92 Å². The second-order valence-corrected chi connectivity index (χ2v) is 5.20. The molecule has 84 valence electrons. The van der Waals surface area contributed by atoms with Crippen molar-refractivity contribution in [3.63, 3.8) is 0 Å². The SMILES string of the molecule is CCC(C)NC(N)=NCc1sccc1Br. The van der Waals surface area contributed by atoms with E-state index in [9.17, 15) is 0 Å². The quantitative estimate of drug-likeness (QED) is 0.661. The van der Waals surface area contributed by atoms with Crippen LogP contribution in [0.5, 0.6) is 0 Å². The first-order valence-corrected chi connectivity index (χ1v) is 6.59. The van der Waals surface area contributed by atoms with Gasteiger partial charge in [0.25, 0.3) is 0 Å². The number of nitrogens with zero attached hydrogens (tertiary/aromatic N) is 1. The van der Waals surface area contributed by atoms with Crippen molar-refractivity contribution < 1.29 is 0 Å². The van der Waals surface area contributed by atoms with Crippen LogP contribution in [0.1, 0.15) is 25.1 Å². The number of hydrogen-bond donors (Lipinski definition) is 2. The minimum atomic E-state index is 0.375. The van der Waals surface area contributed by atoms with Crippen molar-refractivity contribution in [3.8, 4) is 0 Å². The van der Waals surface area contributed by atoms with Crippen molar-refractivity contribution in [2.75, 3.05) is 0 Å². The molecule has 15 heavy (non-hydrogen) atoms. The number of nitrogens with two attached hydrogens (primary N) is 1. The van der Waals surface area contributed by atoms with E-state index in [-0.39, 0.29) is 0 Å². The number of hydrogen-bond acceptors (Lipinski definition) is 2. The lowest BCUT2D eigenvalue weighted by molar-refractivity contribution is 0.636. The zero-order chi connectivity index (χ0) is 11.3. The molecule has 1 atom stereocenters. The maximum Gasteiger partial charge on any atom is 0.189 e. The van der Waals surface area contributed by atoms with Crippen molar-refractivity contribution in [2.45, 2.75) is 32.9 Å². The lowest BCUT2D eigenvalue weighted by Crippen LogP contribution is -2.38. The molecule has 1 heterocycles. The van der Waals surface area contributed by atoms with Crippen LogP contribution in [0.3, 0.4) is 0 Å². The second-order valence-electron chi connectivity index (χ2n) is 3.35. The van der Waals surface area contributed by atoms with Crippen LogP contribution in [0.4, 0.5) is 0 Å². The molecule has 0 saturated heterocycles. The molecule has 1 aromatic rings. The minimum Gasteiger partial charge on any atom is -0.370 e. The molecule has 0 amide bonds. The monoisotopic (exact) mass is 289 g/mol. The number of thiophene rings is 1. The normalized spacial score (nSPS) is 13.9. The van der Waals surface area contributed by atoms with Gasteiger partial charge in [-0.3, -0.25) is 0 Å². The Hall–Kier alpha value is -0.550. The van der Waals surface area contributed by atoms with Crippen molar-refractivity contribution in [1.29, 1.82) is 0 Å². The highest BCUT2D eigenvalue weighted by Crippen LogP contribution is 2.23. The first-order chi connectivity index (χ1) is 7.13. The molecule has 5 heteroatoms. The zero-order valence-electron chi connectivity index (χ0n) is 8.96. The van der Waals surface area contributed by atoms with Crippen LogP contribution in [0, 0.1) is 0 Å². The molecule has 3 nitrogen and oxygen atoms in total. The van der Waals surface area contributed by atoms with E-state index in [0.717, 1.165) is 10.9 Å². The van der Waals surface area contributed by atoms with E-state index in [1.807, 2.05) is 11.4 Å². The van der Waals surface area contributed by atoms with Crippen LogP contribution in [0.15, 0.2) is 20.9 Å². The van der Waals surface area contributed by atoms with Gasteiger partial charge in [0.05, 0.1) is 6.54 Å². The third-order valence-electron chi connectivity index (χ3n) is 2.09. The highest BCUT2D eigenvalue weighted by atomic mass is 79.9. The molecule has 3 N–H and O–H groups in total. The largest absolute Gasteiger partial charge is 0.370 e. The Bertz CT molecular complexity index is 335. The Morgan fingerprint density at radius 2 is 2.47 bits per heavy atom. The predicted molar refractivity (Wildman–Crippen MR) is 70.2 cm³/mol. The lowest BCUT2D eigenvalue weighted by Gasteiger charge is -2.11. The van der Waals surface area contributed by atoms with Gasteiger partial charge >= 0.3 is 0 Å². The molecule has 0 aliphatic rings. The Labute approximate surface area is 103 Å². The summed E-state index contributed by atoms with van der Waals surface area (Å²) in [6.07, 6.45) is 1.04. The first-order valence-electron chi connectivity index (χ1n) is 4.91. The summed E-state index contributed by atoms with van der Waals surface area (Å²) in [5.74, 6) is 0.518. The van der Waals surface area contributed by atoms with Gasteiger partial charge in [0.15, 0.2) is 5.96 Å². The van der Waals surface area contributed by atoms with Gasteiger partial charge in [0.2, 0.25) is 0 Å². The van der Waals surface area contributed by atoms with Crippen molar-refractivity contribution in [3.05, 3.63) is 20.8 Å². The summed E-state index contributed by atoms with van der Waals surface area (Å²) in [6.45, 7) is 4.83. The summed E-state index contributed by atoms with van der Waals surface area (Å²) in [6, 6.07) is 2.40. The Balaban J connectivity index is 2.47. The molecule has 1 aromatic heterocycles. The maximum atomic E-state index is 5.75. The van der Waals surface area contributed by atoms with E-state index in [0.29, 0.717) is 18.5 Å². The minimum absolute atomic E-state index is 0.375. The molecule has 1 unspecified atom stereocenters. The number of rotatable bonds is 4. The highest BCUT2D eigenvalue weighted by molar-refractivity contribution is 9.10. The topological polar surface area (TPSA) is 50.4 Å². The Morgan fingerprint density at radius 1 is 1.73 bits per heavy atom. The van der Waals surface area contributed by atoms with Crippen LogP contribution in [0.2, 0.25) is 0 Å². The average Bonchev–Trinajstić information content (AvgIpc) is 2.61. The lowest BCUT2D eigenvalue weighted by atomic mass is 10.3. The van der Waals surface area contributed by atoms with E-state index in [1.165, 1.54) is 4.88 Å². The van der Waals surface area contributed by atoms with Crippen LogP contribution in [-0.2, 0) is 6.54 Å². The van der Waals surface area contributed by atoms with Gasteiger partial charge in [-0.2, -0.15) is 0 Å². The molecular formula is C10H16BrN3S. The van der Waals surface area contributed by atoms with Gasteiger partial charge in [0.1, 0.15) is 0 Å². The Morgan fingerprint density at radius 3 is 3.00 bits per heavy atom. The van der Waals surface area contributed by atoms with Gasteiger partial charge in [-0.05, 0) is 40.7 Å². The summed E-state index contributed by atoms with van der Waals surface area (Å²) < 4.78 is 1.10. The van der Waals surface area contributed by atoms with Gasteiger partial charge in [-0.25, -0.2) is 4.99 Å². The fraction of sp³-hybridized carbons (Fsp3) is 0.500. The fourth-order valence-corrected chi connectivity index (χ4v) is 2.40. The number of halogens is 1. The molecule has 1 rings (SSSR count). The zero-order valence-corrected chi connectivity index (χ0v) is 11.4. The predicted octanol–water partition coefficient (Wildman–Crippen LogP) is 2.71. The van der Waals surface area contributed by atoms with E-state index in [2.05, 4.69) is 40.1 Å². The van der Waals surface area contributed by atoms with E-state index in [1.54, 1.807) is 11.3 Å². The molecule has 0 radical (unpaired) electrons. The highest BCUT2D eigenvalue weighted by Gasteiger charge is 2.01. The number of aliphatic imine (C=N–C) groups is 1. The smallest absolute Gasteiger partial charge is 0.189 e. The average molecular weight is 290 g/mol. The van der Waals surface area contributed by atoms with E-state index in [4.69, 9.17) is 5.73 Å². The number of guanidine groups is 1. The fourth-order valence-electron chi connectivity index (χ4n) is 0.995. The molecular weight excluding hydrogens is 274 g/mol. The van der Waals surface area contributed by atoms with Crippen molar-refractivity contribution >= 4 is 33.2 Å². The van der Waals surface area contributed by atoms with Crippen molar-refractivity contribution in [2.24, 2.45) is 10.7 Å². The second kappa shape index (κ2) is 6.12. The van der Waals surface area contributed by atoms with Gasteiger partial charge in [0, 0.05) is 15.4 Å². The van der Waals surface area contributed by atoms with E-state index >= 15 is 0 Å².